The molecule has 2 heteroatoms. The third-order valence-electron chi connectivity index (χ3n) is 3.52. The maximum absolute atomic E-state index is 10.9. The van der Waals surface area contributed by atoms with E-state index in [0.717, 1.165) is 24.0 Å². The normalized spacial score (nSPS) is 22.5. The molecular weight excluding hydrogens is 232 g/mol. The van der Waals surface area contributed by atoms with Crippen LogP contribution in [0.3, 0.4) is 0 Å². The molecule has 0 saturated heterocycles. The van der Waals surface area contributed by atoms with Crippen LogP contribution in [-0.2, 0) is 12.0 Å². The number of fused-ring (bicyclic) bond motifs is 1. The van der Waals surface area contributed by atoms with E-state index in [1.165, 1.54) is 5.56 Å². The number of aliphatic hydroxyl groups is 1. The zero-order valence-electron chi connectivity index (χ0n) is 9.36. The van der Waals surface area contributed by atoms with Crippen LogP contribution in [0.15, 0.2) is 48.5 Å². The topological polar surface area (TPSA) is 20.2 Å². The third kappa shape index (κ3) is 1.67. The zero-order chi connectivity index (χ0) is 11.9. The van der Waals surface area contributed by atoms with Crippen molar-refractivity contribution in [1.29, 1.82) is 0 Å². The van der Waals surface area contributed by atoms with E-state index in [1.54, 1.807) is 0 Å². The quantitative estimate of drug-likeness (QED) is 0.814. The molecule has 0 radical (unpaired) electrons. The van der Waals surface area contributed by atoms with Crippen molar-refractivity contribution < 1.29 is 5.11 Å². The van der Waals surface area contributed by atoms with Crippen molar-refractivity contribution in [1.82, 2.24) is 0 Å². The summed E-state index contributed by atoms with van der Waals surface area (Å²) in [7, 11) is 0. The summed E-state index contributed by atoms with van der Waals surface area (Å²) >= 11 is 6.03. The Morgan fingerprint density at radius 3 is 2.59 bits per heavy atom. The van der Waals surface area contributed by atoms with Crippen LogP contribution in [0.4, 0.5) is 0 Å². The Kier molecular flexibility index (Phi) is 2.46. The second-order valence-electron chi connectivity index (χ2n) is 4.53. The first kappa shape index (κ1) is 10.8. The molecule has 0 amide bonds. The Balaban J connectivity index is 2.16. The van der Waals surface area contributed by atoms with Gasteiger partial charge in [-0.1, -0.05) is 48.0 Å². The van der Waals surface area contributed by atoms with E-state index in [0.29, 0.717) is 5.02 Å². The van der Waals surface area contributed by atoms with Crippen LogP contribution < -0.4 is 0 Å². The van der Waals surface area contributed by atoms with Gasteiger partial charge in [-0.05, 0) is 41.7 Å². The second kappa shape index (κ2) is 3.86. The molecule has 0 aromatic heterocycles. The molecule has 1 unspecified atom stereocenters. The molecule has 0 fully saturated rings. The summed E-state index contributed by atoms with van der Waals surface area (Å²) in [4.78, 5) is 0. The van der Waals surface area contributed by atoms with Gasteiger partial charge in [-0.15, -0.1) is 0 Å². The lowest BCUT2D eigenvalue weighted by Gasteiger charge is -2.24. The van der Waals surface area contributed by atoms with Crippen molar-refractivity contribution in [2.45, 2.75) is 18.4 Å². The predicted octanol–water partition coefficient (Wildman–Crippen LogP) is 3.52. The molecule has 1 nitrogen and oxygen atoms in total. The van der Waals surface area contributed by atoms with Crippen LogP contribution in [0.5, 0.6) is 0 Å². The number of hydrogen-bond acceptors (Lipinski definition) is 1. The third-order valence-corrected chi connectivity index (χ3v) is 3.76. The van der Waals surface area contributed by atoms with E-state index >= 15 is 0 Å². The van der Waals surface area contributed by atoms with Crippen LogP contribution in [0.2, 0.25) is 5.02 Å². The molecule has 0 saturated carbocycles. The van der Waals surface area contributed by atoms with Crippen LogP contribution >= 0.6 is 11.6 Å². The van der Waals surface area contributed by atoms with Crippen molar-refractivity contribution in [3.63, 3.8) is 0 Å². The summed E-state index contributed by atoms with van der Waals surface area (Å²) in [5.74, 6) is 0. The molecule has 1 aliphatic carbocycles. The Morgan fingerprint density at radius 1 is 1.06 bits per heavy atom. The average Bonchev–Trinajstić information content (AvgIpc) is 2.70. The van der Waals surface area contributed by atoms with Gasteiger partial charge in [0.05, 0.1) is 0 Å². The van der Waals surface area contributed by atoms with Crippen molar-refractivity contribution >= 4 is 11.6 Å². The van der Waals surface area contributed by atoms with E-state index < -0.39 is 5.60 Å². The average molecular weight is 245 g/mol. The van der Waals surface area contributed by atoms with Crippen molar-refractivity contribution in [3.8, 4) is 0 Å². The molecule has 0 aliphatic heterocycles. The molecular formula is C15H13ClO. The summed E-state index contributed by atoms with van der Waals surface area (Å²) < 4.78 is 0. The predicted molar refractivity (Wildman–Crippen MR) is 69.2 cm³/mol. The van der Waals surface area contributed by atoms with Gasteiger partial charge in [-0.25, -0.2) is 0 Å². The minimum atomic E-state index is -0.874. The largest absolute Gasteiger partial charge is 0.380 e. The van der Waals surface area contributed by atoms with Crippen molar-refractivity contribution in [3.05, 3.63) is 70.2 Å². The highest BCUT2D eigenvalue weighted by Crippen LogP contribution is 2.42. The van der Waals surface area contributed by atoms with E-state index in [-0.39, 0.29) is 0 Å². The fraction of sp³-hybridized carbons (Fsp3) is 0.200. The molecule has 0 bridgehead atoms. The van der Waals surface area contributed by atoms with Gasteiger partial charge in [-0.3, -0.25) is 0 Å². The van der Waals surface area contributed by atoms with E-state index in [1.807, 2.05) is 48.5 Å². The summed E-state index contributed by atoms with van der Waals surface area (Å²) in [5.41, 5.74) is 2.22. The molecule has 1 aliphatic rings. The fourth-order valence-electron chi connectivity index (χ4n) is 2.62. The summed E-state index contributed by atoms with van der Waals surface area (Å²) in [6, 6.07) is 15.6. The van der Waals surface area contributed by atoms with Gasteiger partial charge in [0, 0.05) is 5.02 Å². The Hall–Kier alpha value is -1.31. The zero-order valence-corrected chi connectivity index (χ0v) is 10.1. The maximum atomic E-state index is 10.9. The molecule has 17 heavy (non-hydrogen) atoms. The molecule has 86 valence electrons. The first-order valence-corrected chi connectivity index (χ1v) is 6.15. The van der Waals surface area contributed by atoms with Gasteiger partial charge < -0.3 is 5.11 Å². The Bertz CT molecular complexity index is 550. The first-order chi connectivity index (χ1) is 8.20. The smallest absolute Gasteiger partial charge is 0.115 e. The summed E-state index contributed by atoms with van der Waals surface area (Å²) in [6.07, 6.45) is 1.63. The van der Waals surface area contributed by atoms with Gasteiger partial charge >= 0.3 is 0 Å². The number of rotatable bonds is 1. The highest BCUT2D eigenvalue weighted by molar-refractivity contribution is 6.30. The number of aryl methyl sites for hydroxylation is 1. The SMILES string of the molecule is OC1(c2ccccc2)CCc2ccc(Cl)cc21. The monoisotopic (exact) mass is 244 g/mol. The number of hydrogen-bond donors (Lipinski definition) is 1. The fourth-order valence-corrected chi connectivity index (χ4v) is 2.79. The lowest BCUT2D eigenvalue weighted by atomic mass is 9.88. The highest BCUT2D eigenvalue weighted by Gasteiger charge is 2.38. The van der Waals surface area contributed by atoms with E-state index in [4.69, 9.17) is 11.6 Å². The van der Waals surface area contributed by atoms with Crippen LogP contribution in [0.1, 0.15) is 23.1 Å². The van der Waals surface area contributed by atoms with E-state index in [2.05, 4.69) is 0 Å². The van der Waals surface area contributed by atoms with Crippen molar-refractivity contribution in [2.75, 3.05) is 0 Å². The van der Waals surface area contributed by atoms with Gasteiger partial charge in [0.15, 0.2) is 0 Å². The molecule has 1 N–H and O–H groups in total. The molecule has 0 spiro atoms. The molecule has 0 heterocycles. The Labute approximate surface area is 106 Å². The Morgan fingerprint density at radius 2 is 1.82 bits per heavy atom. The van der Waals surface area contributed by atoms with Crippen LogP contribution in [0, 0.1) is 0 Å². The second-order valence-corrected chi connectivity index (χ2v) is 4.96. The van der Waals surface area contributed by atoms with E-state index in [9.17, 15) is 5.11 Å². The first-order valence-electron chi connectivity index (χ1n) is 5.77. The van der Waals surface area contributed by atoms with Gasteiger partial charge in [0.1, 0.15) is 5.60 Å². The summed E-state index contributed by atoms with van der Waals surface area (Å²) in [6.45, 7) is 0. The molecule has 3 rings (SSSR count). The maximum Gasteiger partial charge on any atom is 0.115 e. The van der Waals surface area contributed by atoms with Crippen molar-refractivity contribution in [2.24, 2.45) is 0 Å². The molecule has 1 atom stereocenters. The summed E-state index contributed by atoms with van der Waals surface area (Å²) in [5, 5.41) is 11.6. The van der Waals surface area contributed by atoms with Crippen LogP contribution in [-0.4, -0.2) is 5.11 Å². The van der Waals surface area contributed by atoms with Gasteiger partial charge in [0.2, 0.25) is 0 Å². The molecule has 2 aromatic carbocycles. The standard InChI is InChI=1S/C15H13ClO/c16-13-7-6-11-8-9-15(17,14(11)10-13)12-4-2-1-3-5-12/h1-7,10,17H,8-9H2. The highest BCUT2D eigenvalue weighted by atomic mass is 35.5. The van der Waals surface area contributed by atoms with Gasteiger partial charge in [0.25, 0.3) is 0 Å². The van der Waals surface area contributed by atoms with Gasteiger partial charge in [-0.2, -0.15) is 0 Å². The lowest BCUT2D eigenvalue weighted by molar-refractivity contribution is 0.0829. The number of benzene rings is 2. The molecule has 2 aromatic rings. The number of halogens is 1. The minimum Gasteiger partial charge on any atom is -0.380 e. The minimum absolute atomic E-state index is 0.681. The lowest BCUT2D eigenvalue weighted by Crippen LogP contribution is -2.23. The van der Waals surface area contributed by atoms with Crippen LogP contribution in [0.25, 0.3) is 0 Å².